The van der Waals surface area contributed by atoms with Gasteiger partial charge < -0.3 is 10.2 Å². The zero-order valence-electron chi connectivity index (χ0n) is 8.39. The number of rotatable bonds is 5. The molecule has 0 heterocycles. The minimum atomic E-state index is -0.903. The first-order valence-electron chi connectivity index (χ1n) is 4.86. The SMILES string of the molecule is O=C(O)C=CCCCc1ccc(O)cc1. The lowest BCUT2D eigenvalue weighted by molar-refractivity contribution is -0.131. The first kappa shape index (κ1) is 11.3. The summed E-state index contributed by atoms with van der Waals surface area (Å²) in [5.41, 5.74) is 1.15. The summed E-state index contributed by atoms with van der Waals surface area (Å²) in [6, 6.07) is 7.05. The summed E-state index contributed by atoms with van der Waals surface area (Å²) in [6.07, 6.45) is 5.38. The molecule has 0 unspecified atom stereocenters. The Morgan fingerprint density at radius 1 is 1.27 bits per heavy atom. The van der Waals surface area contributed by atoms with E-state index in [2.05, 4.69) is 0 Å². The molecular weight excluding hydrogens is 192 g/mol. The van der Waals surface area contributed by atoms with E-state index in [1.165, 1.54) is 0 Å². The summed E-state index contributed by atoms with van der Waals surface area (Å²) in [7, 11) is 0. The van der Waals surface area contributed by atoms with Gasteiger partial charge in [0.25, 0.3) is 0 Å². The predicted molar refractivity (Wildman–Crippen MR) is 57.8 cm³/mol. The molecule has 1 aromatic rings. The van der Waals surface area contributed by atoms with E-state index in [9.17, 15) is 4.79 Å². The Kier molecular flexibility index (Phi) is 4.41. The van der Waals surface area contributed by atoms with Crippen LogP contribution in [-0.2, 0) is 11.2 Å². The second kappa shape index (κ2) is 5.86. The molecule has 3 nitrogen and oxygen atoms in total. The maximum Gasteiger partial charge on any atom is 0.327 e. The maximum absolute atomic E-state index is 10.2. The van der Waals surface area contributed by atoms with Gasteiger partial charge in [0, 0.05) is 6.08 Å². The third-order valence-corrected chi connectivity index (χ3v) is 2.03. The average molecular weight is 206 g/mol. The van der Waals surface area contributed by atoms with Gasteiger partial charge in [-0.05, 0) is 37.0 Å². The van der Waals surface area contributed by atoms with Crippen LogP contribution >= 0.6 is 0 Å². The van der Waals surface area contributed by atoms with Crippen LogP contribution in [0, 0.1) is 0 Å². The number of phenolic OH excluding ortho intramolecular Hbond substituents is 1. The van der Waals surface area contributed by atoms with Gasteiger partial charge >= 0.3 is 5.97 Å². The van der Waals surface area contributed by atoms with Crippen LogP contribution in [0.2, 0.25) is 0 Å². The molecule has 0 aromatic heterocycles. The van der Waals surface area contributed by atoms with Crippen LogP contribution in [0.5, 0.6) is 5.75 Å². The summed E-state index contributed by atoms with van der Waals surface area (Å²) in [5.74, 6) is -0.635. The van der Waals surface area contributed by atoms with Gasteiger partial charge in [-0.25, -0.2) is 4.79 Å². The molecule has 0 amide bonds. The molecule has 0 radical (unpaired) electrons. The number of hydrogen-bond donors (Lipinski definition) is 2. The second-order valence-corrected chi connectivity index (χ2v) is 3.30. The monoisotopic (exact) mass is 206 g/mol. The number of benzene rings is 1. The van der Waals surface area contributed by atoms with Crippen molar-refractivity contribution >= 4 is 5.97 Å². The van der Waals surface area contributed by atoms with Crippen LogP contribution in [0.15, 0.2) is 36.4 Å². The van der Waals surface area contributed by atoms with E-state index in [0.29, 0.717) is 0 Å². The van der Waals surface area contributed by atoms with Crippen molar-refractivity contribution < 1.29 is 15.0 Å². The summed E-state index contributed by atoms with van der Waals surface area (Å²) < 4.78 is 0. The van der Waals surface area contributed by atoms with Crippen LogP contribution in [0.1, 0.15) is 18.4 Å². The Hall–Kier alpha value is -1.77. The van der Waals surface area contributed by atoms with Crippen molar-refractivity contribution in [2.75, 3.05) is 0 Å². The number of hydrogen-bond acceptors (Lipinski definition) is 2. The van der Waals surface area contributed by atoms with E-state index in [0.717, 1.165) is 30.9 Å². The molecule has 0 saturated heterocycles. The lowest BCUT2D eigenvalue weighted by Gasteiger charge is -1.99. The number of carboxylic acid groups (broad SMARTS) is 1. The fourth-order valence-electron chi connectivity index (χ4n) is 1.27. The first-order valence-corrected chi connectivity index (χ1v) is 4.86. The number of allylic oxidation sites excluding steroid dienone is 1. The predicted octanol–water partition coefficient (Wildman–Crippen LogP) is 2.36. The Morgan fingerprint density at radius 2 is 1.93 bits per heavy atom. The molecule has 0 bridgehead atoms. The van der Waals surface area contributed by atoms with Crippen molar-refractivity contribution in [2.24, 2.45) is 0 Å². The number of aromatic hydroxyl groups is 1. The maximum atomic E-state index is 10.2. The van der Waals surface area contributed by atoms with E-state index in [1.807, 2.05) is 12.1 Å². The number of phenols is 1. The van der Waals surface area contributed by atoms with Gasteiger partial charge in [-0.3, -0.25) is 0 Å². The number of unbranched alkanes of at least 4 members (excludes halogenated alkanes) is 1. The molecule has 15 heavy (non-hydrogen) atoms. The third kappa shape index (κ3) is 4.86. The molecule has 0 aliphatic heterocycles. The molecule has 0 atom stereocenters. The fraction of sp³-hybridized carbons (Fsp3) is 0.250. The number of carboxylic acids is 1. The van der Waals surface area contributed by atoms with Crippen molar-refractivity contribution in [3.8, 4) is 5.75 Å². The van der Waals surface area contributed by atoms with Crippen LogP contribution in [0.25, 0.3) is 0 Å². The number of carbonyl (C=O) groups is 1. The Morgan fingerprint density at radius 3 is 2.53 bits per heavy atom. The van der Waals surface area contributed by atoms with Crippen LogP contribution in [0.3, 0.4) is 0 Å². The van der Waals surface area contributed by atoms with Crippen molar-refractivity contribution in [3.05, 3.63) is 42.0 Å². The van der Waals surface area contributed by atoms with Crippen molar-refractivity contribution in [2.45, 2.75) is 19.3 Å². The van der Waals surface area contributed by atoms with Crippen molar-refractivity contribution in [3.63, 3.8) is 0 Å². The van der Waals surface area contributed by atoms with E-state index in [-0.39, 0.29) is 5.75 Å². The molecule has 1 rings (SSSR count). The lowest BCUT2D eigenvalue weighted by atomic mass is 10.1. The first-order chi connectivity index (χ1) is 7.18. The van der Waals surface area contributed by atoms with Gasteiger partial charge in [-0.2, -0.15) is 0 Å². The van der Waals surface area contributed by atoms with E-state index >= 15 is 0 Å². The van der Waals surface area contributed by atoms with Crippen molar-refractivity contribution in [1.29, 1.82) is 0 Å². The highest BCUT2D eigenvalue weighted by molar-refractivity contribution is 5.79. The van der Waals surface area contributed by atoms with E-state index in [4.69, 9.17) is 10.2 Å². The standard InChI is InChI=1S/C12H14O3/c13-11-8-6-10(7-9-11)4-2-1-3-5-12(14)15/h3,5-9,13H,1-2,4H2,(H,14,15). The molecule has 2 N–H and O–H groups in total. The Labute approximate surface area is 88.7 Å². The topological polar surface area (TPSA) is 57.5 Å². The molecule has 0 aliphatic rings. The molecule has 0 fully saturated rings. The minimum Gasteiger partial charge on any atom is -0.508 e. The lowest BCUT2D eigenvalue weighted by Crippen LogP contribution is -1.87. The quantitative estimate of drug-likeness (QED) is 0.574. The number of aliphatic carboxylic acids is 1. The highest BCUT2D eigenvalue weighted by atomic mass is 16.4. The molecule has 0 saturated carbocycles. The van der Waals surface area contributed by atoms with Gasteiger partial charge in [-0.15, -0.1) is 0 Å². The molecule has 1 aromatic carbocycles. The normalized spacial score (nSPS) is 10.7. The molecule has 3 heteroatoms. The van der Waals surface area contributed by atoms with E-state index < -0.39 is 5.97 Å². The molecule has 0 aliphatic carbocycles. The van der Waals surface area contributed by atoms with Crippen LogP contribution in [0.4, 0.5) is 0 Å². The van der Waals surface area contributed by atoms with Gasteiger partial charge in [0.2, 0.25) is 0 Å². The Bertz CT molecular complexity index is 338. The third-order valence-electron chi connectivity index (χ3n) is 2.03. The highest BCUT2D eigenvalue weighted by Crippen LogP contribution is 2.11. The summed E-state index contributed by atoms with van der Waals surface area (Å²) in [5, 5.41) is 17.4. The van der Waals surface area contributed by atoms with Gasteiger partial charge in [0.1, 0.15) is 5.75 Å². The largest absolute Gasteiger partial charge is 0.508 e. The highest BCUT2D eigenvalue weighted by Gasteiger charge is 1.93. The molecule has 80 valence electrons. The minimum absolute atomic E-state index is 0.268. The summed E-state index contributed by atoms with van der Waals surface area (Å²) in [6.45, 7) is 0. The van der Waals surface area contributed by atoms with Crippen LogP contribution in [-0.4, -0.2) is 16.2 Å². The van der Waals surface area contributed by atoms with Gasteiger partial charge in [0.05, 0.1) is 0 Å². The number of aryl methyl sites for hydroxylation is 1. The van der Waals surface area contributed by atoms with Crippen LogP contribution < -0.4 is 0 Å². The fourth-order valence-corrected chi connectivity index (χ4v) is 1.27. The zero-order chi connectivity index (χ0) is 11.1. The van der Waals surface area contributed by atoms with Gasteiger partial charge in [-0.1, -0.05) is 18.2 Å². The molecule has 0 spiro atoms. The smallest absolute Gasteiger partial charge is 0.327 e. The van der Waals surface area contributed by atoms with E-state index in [1.54, 1.807) is 18.2 Å². The summed E-state index contributed by atoms with van der Waals surface area (Å²) >= 11 is 0. The van der Waals surface area contributed by atoms with Gasteiger partial charge in [0.15, 0.2) is 0 Å². The zero-order valence-corrected chi connectivity index (χ0v) is 8.39. The second-order valence-electron chi connectivity index (χ2n) is 3.30. The molecular formula is C12H14O3. The van der Waals surface area contributed by atoms with Crippen molar-refractivity contribution in [1.82, 2.24) is 0 Å². The summed E-state index contributed by atoms with van der Waals surface area (Å²) in [4.78, 5) is 10.2. The average Bonchev–Trinajstić information content (AvgIpc) is 2.20. The Balaban J connectivity index is 2.26.